The summed E-state index contributed by atoms with van der Waals surface area (Å²) in [7, 11) is 0. The number of aldehydes is 1. The van der Waals surface area contributed by atoms with Gasteiger partial charge in [-0.25, -0.2) is 0 Å². The Kier molecular flexibility index (Phi) is 3.67. The zero-order valence-corrected chi connectivity index (χ0v) is 10.2. The van der Waals surface area contributed by atoms with Crippen molar-refractivity contribution in [2.24, 2.45) is 0 Å². The van der Waals surface area contributed by atoms with Gasteiger partial charge in [0.15, 0.2) is 0 Å². The maximum absolute atomic E-state index is 10.2. The summed E-state index contributed by atoms with van der Waals surface area (Å²) in [6.07, 6.45) is 3.63. The zero-order valence-electron chi connectivity index (χ0n) is 8.69. The molecule has 2 aromatic rings. The van der Waals surface area contributed by atoms with Crippen molar-refractivity contribution in [1.29, 1.82) is 0 Å². The first kappa shape index (κ1) is 12.0. The van der Waals surface area contributed by atoms with Crippen LogP contribution in [-0.4, -0.2) is 6.29 Å². The van der Waals surface area contributed by atoms with Crippen LogP contribution in [0.25, 0.3) is 17.4 Å². The minimum absolute atomic E-state index is 0.453. The van der Waals surface area contributed by atoms with Crippen molar-refractivity contribution in [3.8, 4) is 11.3 Å². The molecule has 1 aromatic carbocycles. The molecular formula is C13H8Cl2O2. The topological polar surface area (TPSA) is 30.2 Å². The Bertz CT molecular complexity index is 571. The highest BCUT2D eigenvalue weighted by atomic mass is 35.5. The van der Waals surface area contributed by atoms with Crippen molar-refractivity contribution in [2.45, 2.75) is 0 Å². The Balaban J connectivity index is 2.40. The normalized spacial score (nSPS) is 10.9. The molecule has 0 atom stereocenters. The SMILES string of the molecule is O=C/C=C/c1ccc(-c2cccc(Cl)c2Cl)o1. The molecule has 0 spiro atoms. The van der Waals surface area contributed by atoms with Gasteiger partial charge in [-0.15, -0.1) is 0 Å². The van der Waals surface area contributed by atoms with Gasteiger partial charge in [-0.05, 0) is 36.4 Å². The lowest BCUT2D eigenvalue weighted by Crippen LogP contribution is -1.77. The van der Waals surface area contributed by atoms with Crippen LogP contribution < -0.4 is 0 Å². The second kappa shape index (κ2) is 5.21. The average molecular weight is 267 g/mol. The third-order valence-electron chi connectivity index (χ3n) is 2.18. The maximum atomic E-state index is 10.2. The Morgan fingerprint density at radius 3 is 2.71 bits per heavy atom. The Hall–Kier alpha value is -1.51. The van der Waals surface area contributed by atoms with Crippen LogP contribution in [-0.2, 0) is 4.79 Å². The van der Waals surface area contributed by atoms with E-state index in [2.05, 4.69) is 0 Å². The van der Waals surface area contributed by atoms with Gasteiger partial charge in [0.25, 0.3) is 0 Å². The molecule has 0 saturated heterocycles. The minimum Gasteiger partial charge on any atom is -0.457 e. The lowest BCUT2D eigenvalue weighted by Gasteiger charge is -2.01. The van der Waals surface area contributed by atoms with Crippen LogP contribution in [0, 0.1) is 0 Å². The summed E-state index contributed by atoms with van der Waals surface area (Å²) in [6, 6.07) is 8.87. The number of carbonyl (C=O) groups is 1. The molecule has 0 N–H and O–H groups in total. The standard InChI is InChI=1S/C13H8Cl2O2/c14-11-5-1-4-10(13(11)15)12-7-6-9(17-12)3-2-8-16/h1-8H/b3-2+. The number of benzene rings is 1. The summed E-state index contributed by atoms with van der Waals surface area (Å²) in [6.45, 7) is 0. The van der Waals surface area contributed by atoms with E-state index in [1.165, 1.54) is 6.08 Å². The number of carbonyl (C=O) groups excluding carboxylic acids is 1. The molecule has 2 rings (SSSR count). The molecule has 0 aliphatic carbocycles. The van der Waals surface area contributed by atoms with Gasteiger partial charge in [-0.3, -0.25) is 4.79 Å². The number of halogens is 2. The van der Waals surface area contributed by atoms with E-state index in [0.29, 0.717) is 27.9 Å². The Labute approximate surface area is 108 Å². The lowest BCUT2D eigenvalue weighted by molar-refractivity contribution is -0.104. The van der Waals surface area contributed by atoms with Crippen LogP contribution in [0.1, 0.15) is 5.76 Å². The molecule has 0 radical (unpaired) electrons. The smallest absolute Gasteiger partial charge is 0.142 e. The average Bonchev–Trinajstić information content (AvgIpc) is 2.78. The van der Waals surface area contributed by atoms with E-state index in [1.807, 2.05) is 6.07 Å². The van der Waals surface area contributed by atoms with E-state index >= 15 is 0 Å². The van der Waals surface area contributed by atoms with Crippen molar-refractivity contribution >= 4 is 35.6 Å². The highest BCUT2D eigenvalue weighted by Gasteiger charge is 2.09. The number of rotatable bonds is 3. The van der Waals surface area contributed by atoms with Crippen LogP contribution in [0.4, 0.5) is 0 Å². The van der Waals surface area contributed by atoms with Crippen molar-refractivity contribution in [3.05, 3.63) is 52.2 Å². The van der Waals surface area contributed by atoms with Crippen molar-refractivity contribution < 1.29 is 9.21 Å². The van der Waals surface area contributed by atoms with Gasteiger partial charge in [0.05, 0.1) is 10.0 Å². The molecule has 1 aromatic heterocycles. The third-order valence-corrected chi connectivity index (χ3v) is 3.00. The Morgan fingerprint density at radius 2 is 1.94 bits per heavy atom. The molecule has 0 saturated carbocycles. The molecule has 0 aliphatic rings. The van der Waals surface area contributed by atoms with Gasteiger partial charge in [0, 0.05) is 5.56 Å². The fourth-order valence-corrected chi connectivity index (χ4v) is 1.81. The van der Waals surface area contributed by atoms with E-state index in [0.717, 1.165) is 5.56 Å². The fraction of sp³-hybridized carbons (Fsp3) is 0. The van der Waals surface area contributed by atoms with Crippen LogP contribution in [0.3, 0.4) is 0 Å². The van der Waals surface area contributed by atoms with Crippen LogP contribution in [0.5, 0.6) is 0 Å². The Morgan fingerprint density at radius 1 is 1.12 bits per heavy atom. The number of hydrogen-bond donors (Lipinski definition) is 0. The van der Waals surface area contributed by atoms with Crippen LogP contribution >= 0.6 is 23.2 Å². The van der Waals surface area contributed by atoms with Crippen molar-refractivity contribution in [3.63, 3.8) is 0 Å². The molecule has 0 fully saturated rings. The van der Waals surface area contributed by atoms with Gasteiger partial charge in [0.1, 0.15) is 17.8 Å². The number of furan rings is 1. The molecule has 0 amide bonds. The molecule has 0 unspecified atom stereocenters. The fourth-order valence-electron chi connectivity index (χ4n) is 1.42. The molecule has 0 aliphatic heterocycles. The summed E-state index contributed by atoms with van der Waals surface area (Å²) in [5.41, 5.74) is 0.727. The van der Waals surface area contributed by atoms with Gasteiger partial charge >= 0.3 is 0 Å². The molecule has 0 bridgehead atoms. The van der Waals surface area contributed by atoms with Gasteiger partial charge in [-0.1, -0.05) is 29.3 Å². The first-order chi connectivity index (χ1) is 8.22. The molecule has 17 heavy (non-hydrogen) atoms. The molecule has 86 valence electrons. The van der Waals surface area contributed by atoms with E-state index in [4.69, 9.17) is 27.6 Å². The number of hydrogen-bond acceptors (Lipinski definition) is 2. The number of allylic oxidation sites excluding steroid dienone is 1. The van der Waals surface area contributed by atoms with E-state index < -0.39 is 0 Å². The van der Waals surface area contributed by atoms with Crippen LogP contribution in [0.2, 0.25) is 10.0 Å². The predicted molar refractivity (Wildman–Crippen MR) is 69.3 cm³/mol. The minimum atomic E-state index is 0.453. The molecule has 4 heteroatoms. The first-order valence-corrected chi connectivity index (χ1v) is 5.64. The maximum Gasteiger partial charge on any atom is 0.142 e. The van der Waals surface area contributed by atoms with E-state index in [1.54, 1.807) is 30.3 Å². The summed E-state index contributed by atoms with van der Waals surface area (Å²) in [4.78, 5) is 10.2. The summed E-state index contributed by atoms with van der Waals surface area (Å²) >= 11 is 12.0. The molecule has 2 nitrogen and oxygen atoms in total. The highest BCUT2D eigenvalue weighted by molar-refractivity contribution is 6.43. The first-order valence-electron chi connectivity index (χ1n) is 4.88. The second-order valence-corrected chi connectivity index (χ2v) is 4.08. The highest BCUT2D eigenvalue weighted by Crippen LogP contribution is 2.34. The van der Waals surface area contributed by atoms with Crippen LogP contribution in [0.15, 0.2) is 40.8 Å². The van der Waals surface area contributed by atoms with E-state index in [-0.39, 0.29) is 0 Å². The quantitative estimate of drug-likeness (QED) is 0.606. The van der Waals surface area contributed by atoms with Gasteiger partial charge in [-0.2, -0.15) is 0 Å². The summed E-state index contributed by atoms with van der Waals surface area (Å²) < 4.78 is 5.52. The van der Waals surface area contributed by atoms with Crippen molar-refractivity contribution in [2.75, 3.05) is 0 Å². The zero-order chi connectivity index (χ0) is 12.3. The van der Waals surface area contributed by atoms with E-state index in [9.17, 15) is 4.79 Å². The van der Waals surface area contributed by atoms with Gasteiger partial charge < -0.3 is 4.42 Å². The second-order valence-electron chi connectivity index (χ2n) is 3.30. The van der Waals surface area contributed by atoms with Crippen molar-refractivity contribution in [1.82, 2.24) is 0 Å². The molecular weight excluding hydrogens is 259 g/mol. The predicted octanol–water partition coefficient (Wildman–Crippen LogP) is 4.47. The molecule has 1 heterocycles. The monoisotopic (exact) mass is 266 g/mol. The summed E-state index contributed by atoms with van der Waals surface area (Å²) in [5.74, 6) is 1.20. The van der Waals surface area contributed by atoms with Gasteiger partial charge in [0.2, 0.25) is 0 Å². The summed E-state index contributed by atoms with van der Waals surface area (Å²) in [5, 5.41) is 0.931. The lowest BCUT2D eigenvalue weighted by atomic mass is 10.2. The third kappa shape index (κ3) is 2.60. The largest absolute Gasteiger partial charge is 0.457 e.